The molecule has 0 radical (unpaired) electrons. The highest BCUT2D eigenvalue weighted by Gasteiger charge is 2.30. The van der Waals surface area contributed by atoms with Crippen LogP contribution in [0.2, 0.25) is 0 Å². The van der Waals surface area contributed by atoms with E-state index in [9.17, 15) is 14.4 Å². The van der Waals surface area contributed by atoms with E-state index in [4.69, 9.17) is 16.3 Å². The number of allylic oxidation sites excluding steroid dienone is 5. The van der Waals surface area contributed by atoms with E-state index in [1.165, 1.54) is 6.08 Å². The van der Waals surface area contributed by atoms with Crippen LogP contribution in [0.1, 0.15) is 40.0 Å². The quantitative estimate of drug-likeness (QED) is 0.145. The Morgan fingerprint density at radius 1 is 1.00 bits per heavy atom. The number of carbonyl (C=O) groups is 3. The molecule has 0 fully saturated rings. The lowest BCUT2D eigenvalue weighted by Crippen LogP contribution is -2.28. The molecule has 0 aromatic heterocycles. The highest BCUT2D eigenvalue weighted by atomic mass is 35.5. The number of hydrogen-bond donors (Lipinski definition) is 0. The van der Waals surface area contributed by atoms with E-state index in [1.807, 2.05) is 26.0 Å². The second-order valence-electron chi connectivity index (χ2n) is 6.96. The van der Waals surface area contributed by atoms with Gasteiger partial charge in [0.15, 0.2) is 11.7 Å². The molecule has 0 bridgehead atoms. The van der Waals surface area contributed by atoms with Gasteiger partial charge in [-0.3, -0.25) is 14.4 Å². The van der Waals surface area contributed by atoms with Crippen LogP contribution < -0.4 is 0 Å². The summed E-state index contributed by atoms with van der Waals surface area (Å²) >= 11 is 5.75. The van der Waals surface area contributed by atoms with Gasteiger partial charge in [0, 0.05) is 25.3 Å². The van der Waals surface area contributed by atoms with Crippen LogP contribution in [0.15, 0.2) is 35.5 Å². The number of halogens is 1. The summed E-state index contributed by atoms with van der Waals surface area (Å²) in [4.78, 5) is 35.6. The standard InChI is InChI=1S/C22H33ClO6/c1-15(12-18(24)13-19(21(25)28-5)22(26)29-6)10-11-20(27-4)17(3)9-7-8-16(2)14-23/h7-9,12,17,19-20H,10-11,13-14H2,1-6H3/b9-7+,15-12-,16-8+/t17-,20-/m0/s1. The topological polar surface area (TPSA) is 78.9 Å². The first-order valence-electron chi connectivity index (χ1n) is 9.48. The maximum Gasteiger partial charge on any atom is 0.320 e. The minimum Gasteiger partial charge on any atom is -0.468 e. The molecule has 0 heterocycles. The number of ether oxygens (including phenoxy) is 3. The van der Waals surface area contributed by atoms with E-state index in [2.05, 4.69) is 22.5 Å². The van der Waals surface area contributed by atoms with Gasteiger partial charge in [-0.1, -0.05) is 36.3 Å². The normalized spacial score (nSPS) is 14.8. The van der Waals surface area contributed by atoms with Crippen molar-refractivity contribution in [3.05, 3.63) is 35.5 Å². The predicted molar refractivity (Wildman–Crippen MR) is 114 cm³/mol. The summed E-state index contributed by atoms with van der Waals surface area (Å²) in [5.41, 5.74) is 1.93. The first-order valence-corrected chi connectivity index (χ1v) is 10.0. The highest BCUT2D eigenvalue weighted by Crippen LogP contribution is 2.18. The summed E-state index contributed by atoms with van der Waals surface area (Å²) in [6.07, 6.45) is 8.56. The number of carbonyl (C=O) groups excluding carboxylic acids is 3. The monoisotopic (exact) mass is 428 g/mol. The molecule has 0 aliphatic carbocycles. The van der Waals surface area contributed by atoms with Crippen LogP contribution in [0.4, 0.5) is 0 Å². The lowest BCUT2D eigenvalue weighted by atomic mass is 9.96. The predicted octanol–water partition coefficient (Wildman–Crippen LogP) is 4.03. The number of alkyl halides is 1. The number of esters is 2. The number of ketones is 1. The van der Waals surface area contributed by atoms with Crippen LogP contribution in [0.3, 0.4) is 0 Å². The lowest BCUT2D eigenvalue weighted by molar-refractivity contribution is -0.160. The summed E-state index contributed by atoms with van der Waals surface area (Å²) in [6, 6.07) is 0. The molecule has 0 saturated heterocycles. The van der Waals surface area contributed by atoms with Gasteiger partial charge in [0.2, 0.25) is 0 Å². The van der Waals surface area contributed by atoms with Gasteiger partial charge in [-0.25, -0.2) is 0 Å². The zero-order chi connectivity index (χ0) is 22.4. The summed E-state index contributed by atoms with van der Waals surface area (Å²) in [5, 5.41) is 0. The Labute approximate surface area is 178 Å². The molecule has 0 rings (SSSR count). The average Bonchev–Trinajstić information content (AvgIpc) is 2.70. The fraction of sp³-hybridized carbons (Fsp3) is 0.591. The average molecular weight is 429 g/mol. The van der Waals surface area contributed by atoms with E-state index >= 15 is 0 Å². The van der Waals surface area contributed by atoms with E-state index < -0.39 is 17.9 Å². The van der Waals surface area contributed by atoms with Gasteiger partial charge in [0.05, 0.1) is 20.3 Å². The molecule has 0 aliphatic heterocycles. The third-order valence-electron chi connectivity index (χ3n) is 4.50. The molecule has 2 atom stereocenters. The molecule has 0 aliphatic rings. The Balaban J connectivity index is 4.84. The van der Waals surface area contributed by atoms with Gasteiger partial charge >= 0.3 is 11.9 Å². The molecule has 6 nitrogen and oxygen atoms in total. The van der Waals surface area contributed by atoms with Crippen molar-refractivity contribution in [3.8, 4) is 0 Å². The molecule has 0 aromatic carbocycles. The SMILES string of the molecule is COC(=O)C(CC(=O)/C=C(/C)CC[C@H](OC)[C@@H](C)/C=C/C=C(\C)CCl)C(=O)OC. The lowest BCUT2D eigenvalue weighted by Gasteiger charge is -2.20. The Bertz CT molecular complexity index is 619. The molecule has 7 heteroatoms. The summed E-state index contributed by atoms with van der Waals surface area (Å²) in [7, 11) is 3.99. The first kappa shape index (κ1) is 27.1. The zero-order valence-corrected chi connectivity index (χ0v) is 19.0. The number of methoxy groups -OCH3 is 3. The maximum absolute atomic E-state index is 12.2. The molecule has 0 saturated carbocycles. The minimum absolute atomic E-state index is 0.00713. The van der Waals surface area contributed by atoms with Crippen LogP contribution in [-0.4, -0.2) is 51.0 Å². The van der Waals surface area contributed by atoms with E-state index in [0.29, 0.717) is 12.3 Å². The fourth-order valence-corrected chi connectivity index (χ4v) is 2.77. The van der Waals surface area contributed by atoms with Gasteiger partial charge in [0.25, 0.3) is 0 Å². The van der Waals surface area contributed by atoms with Crippen molar-refractivity contribution >= 4 is 29.3 Å². The van der Waals surface area contributed by atoms with E-state index in [0.717, 1.165) is 31.8 Å². The molecule has 0 unspecified atom stereocenters. The van der Waals surface area contributed by atoms with Crippen molar-refractivity contribution in [2.75, 3.05) is 27.2 Å². The van der Waals surface area contributed by atoms with Crippen molar-refractivity contribution in [2.24, 2.45) is 11.8 Å². The molecular weight excluding hydrogens is 396 g/mol. The van der Waals surface area contributed by atoms with Gasteiger partial charge in [0.1, 0.15) is 0 Å². The molecular formula is C22H33ClO6. The van der Waals surface area contributed by atoms with Crippen molar-refractivity contribution in [1.29, 1.82) is 0 Å². The third-order valence-corrected chi connectivity index (χ3v) is 4.92. The minimum atomic E-state index is -1.25. The summed E-state index contributed by atoms with van der Waals surface area (Å²) < 4.78 is 14.7. The van der Waals surface area contributed by atoms with Crippen LogP contribution >= 0.6 is 11.6 Å². The van der Waals surface area contributed by atoms with Crippen LogP contribution in [0, 0.1) is 11.8 Å². The molecule has 29 heavy (non-hydrogen) atoms. The van der Waals surface area contributed by atoms with Gasteiger partial charge < -0.3 is 14.2 Å². The summed E-state index contributed by atoms with van der Waals surface area (Å²) in [6.45, 7) is 5.87. The van der Waals surface area contributed by atoms with Crippen LogP contribution in [-0.2, 0) is 28.6 Å². The largest absolute Gasteiger partial charge is 0.468 e. The van der Waals surface area contributed by atoms with Gasteiger partial charge in [-0.05, 0) is 32.8 Å². The second-order valence-corrected chi connectivity index (χ2v) is 7.23. The Morgan fingerprint density at radius 2 is 1.59 bits per heavy atom. The first-order chi connectivity index (χ1) is 13.7. The zero-order valence-electron chi connectivity index (χ0n) is 18.2. The van der Waals surface area contributed by atoms with E-state index in [-0.39, 0.29) is 24.2 Å². The Kier molecular flexibility index (Phi) is 14.0. The van der Waals surface area contributed by atoms with E-state index in [1.54, 1.807) is 7.11 Å². The van der Waals surface area contributed by atoms with Gasteiger partial charge in [-0.2, -0.15) is 0 Å². The summed E-state index contributed by atoms with van der Waals surface area (Å²) in [5.74, 6) is -2.46. The van der Waals surface area contributed by atoms with Crippen molar-refractivity contribution in [1.82, 2.24) is 0 Å². The molecule has 0 N–H and O–H groups in total. The van der Waals surface area contributed by atoms with Crippen molar-refractivity contribution < 1.29 is 28.6 Å². The Morgan fingerprint density at radius 3 is 2.07 bits per heavy atom. The molecule has 0 aromatic rings. The fourth-order valence-electron chi connectivity index (χ4n) is 2.68. The third kappa shape index (κ3) is 11.0. The van der Waals surface area contributed by atoms with Crippen LogP contribution in [0.25, 0.3) is 0 Å². The molecule has 164 valence electrons. The Hall–Kier alpha value is -1.92. The van der Waals surface area contributed by atoms with Crippen molar-refractivity contribution in [3.63, 3.8) is 0 Å². The molecule has 0 amide bonds. The van der Waals surface area contributed by atoms with Crippen molar-refractivity contribution in [2.45, 2.75) is 46.1 Å². The highest BCUT2D eigenvalue weighted by molar-refractivity contribution is 6.19. The number of rotatable bonds is 13. The number of hydrogen-bond acceptors (Lipinski definition) is 6. The molecule has 0 spiro atoms. The second kappa shape index (κ2) is 15.0. The van der Waals surface area contributed by atoms with Crippen LogP contribution in [0.5, 0.6) is 0 Å². The smallest absolute Gasteiger partial charge is 0.320 e. The van der Waals surface area contributed by atoms with Gasteiger partial charge in [-0.15, -0.1) is 11.6 Å². The maximum atomic E-state index is 12.2.